The molecule has 0 aliphatic heterocycles. The molecule has 140 valence electrons. The number of hydrogen-bond donors (Lipinski definition) is 0. The van der Waals surface area contributed by atoms with E-state index in [4.69, 9.17) is 26.2 Å². The third-order valence-corrected chi connectivity index (χ3v) is 6.01. The molecule has 5 nitrogen and oxygen atoms in total. The molecule has 0 saturated heterocycles. The van der Waals surface area contributed by atoms with Gasteiger partial charge < -0.3 is 4.52 Å². The summed E-state index contributed by atoms with van der Waals surface area (Å²) < 4.78 is 21.1. The second-order valence-electron chi connectivity index (χ2n) is 7.48. The summed E-state index contributed by atoms with van der Waals surface area (Å²) in [6.07, 6.45) is 5.98. The van der Waals surface area contributed by atoms with Gasteiger partial charge >= 0.3 is 0 Å². The molecule has 3 aromatic rings. The van der Waals surface area contributed by atoms with Crippen molar-refractivity contribution in [3.63, 3.8) is 0 Å². The van der Waals surface area contributed by atoms with E-state index < -0.39 is 0 Å². The van der Waals surface area contributed by atoms with Crippen LogP contribution in [0.5, 0.6) is 0 Å². The molecule has 0 atom stereocenters. The molecule has 2 aliphatic carbocycles. The SMILES string of the molecule is CCCn1nc(-c2nc(C3(c4ccc(F)cc4Cl)CC3)no2)c2c1CCC2. The lowest BCUT2D eigenvalue weighted by molar-refractivity contribution is 0.415. The quantitative estimate of drug-likeness (QED) is 0.637. The maximum absolute atomic E-state index is 13.4. The number of nitrogens with zero attached hydrogens (tertiary/aromatic N) is 4. The van der Waals surface area contributed by atoms with Crippen LogP contribution < -0.4 is 0 Å². The molecule has 7 heteroatoms. The molecule has 1 fully saturated rings. The summed E-state index contributed by atoms with van der Waals surface area (Å²) >= 11 is 6.30. The first-order chi connectivity index (χ1) is 13.1. The summed E-state index contributed by atoms with van der Waals surface area (Å²) in [7, 11) is 0. The van der Waals surface area contributed by atoms with Gasteiger partial charge in [0, 0.05) is 22.8 Å². The molecule has 5 rings (SSSR count). The van der Waals surface area contributed by atoms with Crippen molar-refractivity contribution >= 4 is 11.6 Å². The average Bonchev–Trinajstić information content (AvgIpc) is 3.02. The van der Waals surface area contributed by atoms with Gasteiger partial charge in [0.1, 0.15) is 5.82 Å². The summed E-state index contributed by atoms with van der Waals surface area (Å²) in [4.78, 5) is 4.70. The Kier molecular flexibility index (Phi) is 3.86. The van der Waals surface area contributed by atoms with E-state index in [-0.39, 0.29) is 11.2 Å². The number of benzene rings is 1. The lowest BCUT2D eigenvalue weighted by Crippen LogP contribution is -2.11. The zero-order chi connectivity index (χ0) is 18.6. The van der Waals surface area contributed by atoms with Gasteiger partial charge in [0.25, 0.3) is 5.89 Å². The normalized spacial score (nSPS) is 17.3. The van der Waals surface area contributed by atoms with Crippen LogP contribution in [0.2, 0.25) is 5.02 Å². The smallest absolute Gasteiger partial charge is 0.278 e. The van der Waals surface area contributed by atoms with E-state index in [2.05, 4.69) is 16.8 Å². The molecule has 2 aromatic heterocycles. The highest BCUT2D eigenvalue weighted by molar-refractivity contribution is 6.31. The number of rotatable bonds is 5. The van der Waals surface area contributed by atoms with Crippen LogP contribution in [0.25, 0.3) is 11.6 Å². The average molecular weight is 387 g/mol. The third kappa shape index (κ3) is 2.61. The van der Waals surface area contributed by atoms with E-state index in [0.717, 1.165) is 56.3 Å². The van der Waals surface area contributed by atoms with Crippen LogP contribution in [-0.4, -0.2) is 19.9 Å². The van der Waals surface area contributed by atoms with Crippen molar-refractivity contribution in [2.75, 3.05) is 0 Å². The molecule has 0 N–H and O–H groups in total. The Morgan fingerprint density at radius 3 is 2.89 bits per heavy atom. The Morgan fingerprint density at radius 1 is 1.30 bits per heavy atom. The molecule has 0 amide bonds. The van der Waals surface area contributed by atoms with Crippen molar-refractivity contribution in [3.8, 4) is 11.6 Å². The highest BCUT2D eigenvalue weighted by Crippen LogP contribution is 2.54. The highest BCUT2D eigenvalue weighted by atomic mass is 35.5. The van der Waals surface area contributed by atoms with Crippen LogP contribution in [0.1, 0.15) is 55.3 Å². The second-order valence-corrected chi connectivity index (χ2v) is 7.89. The monoisotopic (exact) mass is 386 g/mol. The molecule has 1 aromatic carbocycles. The number of halogens is 2. The summed E-state index contributed by atoms with van der Waals surface area (Å²) in [6.45, 7) is 3.05. The number of aryl methyl sites for hydroxylation is 1. The van der Waals surface area contributed by atoms with Crippen LogP contribution in [0, 0.1) is 5.82 Å². The molecule has 0 bridgehead atoms. The standard InChI is InChI=1S/C20H20ClFN4O/c1-2-10-26-16-5-3-4-13(16)17(24-26)18-23-19(25-27-18)20(8-9-20)14-7-6-12(22)11-15(14)21/h6-7,11H,2-5,8-10H2,1H3. The summed E-state index contributed by atoms with van der Waals surface area (Å²) in [5.74, 6) is 0.746. The van der Waals surface area contributed by atoms with Gasteiger partial charge in [-0.3, -0.25) is 4.68 Å². The van der Waals surface area contributed by atoms with E-state index in [1.165, 1.54) is 23.4 Å². The van der Waals surface area contributed by atoms with Crippen molar-refractivity contribution in [3.05, 3.63) is 51.7 Å². The van der Waals surface area contributed by atoms with Crippen molar-refractivity contribution in [1.29, 1.82) is 0 Å². The molecular formula is C20H20ClFN4O. The number of hydrogen-bond acceptors (Lipinski definition) is 4. The minimum absolute atomic E-state index is 0.342. The Bertz CT molecular complexity index is 1020. The number of aromatic nitrogens is 4. The lowest BCUT2D eigenvalue weighted by atomic mass is 9.95. The Hall–Kier alpha value is -2.21. The fourth-order valence-corrected chi connectivity index (χ4v) is 4.56. The van der Waals surface area contributed by atoms with E-state index >= 15 is 0 Å². The van der Waals surface area contributed by atoms with Crippen LogP contribution in [0.15, 0.2) is 22.7 Å². The maximum Gasteiger partial charge on any atom is 0.278 e. The van der Waals surface area contributed by atoms with Crippen LogP contribution in [0.3, 0.4) is 0 Å². The largest absolute Gasteiger partial charge is 0.332 e. The molecule has 1 saturated carbocycles. The van der Waals surface area contributed by atoms with Gasteiger partial charge in [0.15, 0.2) is 11.5 Å². The van der Waals surface area contributed by atoms with Crippen LogP contribution >= 0.6 is 11.6 Å². The zero-order valence-corrected chi connectivity index (χ0v) is 15.9. The van der Waals surface area contributed by atoms with Gasteiger partial charge in [-0.15, -0.1) is 0 Å². The van der Waals surface area contributed by atoms with Gasteiger partial charge in [-0.25, -0.2) is 4.39 Å². The highest BCUT2D eigenvalue weighted by Gasteiger charge is 2.51. The molecule has 27 heavy (non-hydrogen) atoms. The van der Waals surface area contributed by atoms with Crippen molar-refractivity contribution < 1.29 is 8.91 Å². The van der Waals surface area contributed by atoms with E-state index in [9.17, 15) is 4.39 Å². The summed E-state index contributed by atoms with van der Waals surface area (Å²) in [5.41, 5.74) is 3.84. The predicted octanol–water partition coefficient (Wildman–Crippen LogP) is 4.70. The van der Waals surface area contributed by atoms with Crippen molar-refractivity contribution in [1.82, 2.24) is 19.9 Å². The fraction of sp³-hybridized carbons (Fsp3) is 0.450. The predicted molar refractivity (Wildman–Crippen MR) is 99.3 cm³/mol. The molecule has 2 aliphatic rings. The molecule has 0 unspecified atom stereocenters. The van der Waals surface area contributed by atoms with Gasteiger partial charge in [0.05, 0.1) is 5.41 Å². The second kappa shape index (κ2) is 6.16. The molecule has 0 radical (unpaired) electrons. The van der Waals surface area contributed by atoms with Gasteiger partial charge in [-0.1, -0.05) is 29.7 Å². The maximum atomic E-state index is 13.4. The van der Waals surface area contributed by atoms with Crippen molar-refractivity contribution in [2.24, 2.45) is 0 Å². The zero-order valence-electron chi connectivity index (χ0n) is 15.1. The Labute approximate surface area is 161 Å². The topological polar surface area (TPSA) is 56.7 Å². The lowest BCUT2D eigenvalue weighted by Gasteiger charge is -2.12. The van der Waals surface area contributed by atoms with E-state index in [1.807, 2.05) is 0 Å². The van der Waals surface area contributed by atoms with Crippen LogP contribution in [-0.2, 0) is 24.8 Å². The first-order valence-electron chi connectivity index (χ1n) is 9.51. The molecular weight excluding hydrogens is 367 g/mol. The molecule has 0 spiro atoms. The summed E-state index contributed by atoms with van der Waals surface area (Å²) in [5, 5.41) is 9.42. The Balaban J connectivity index is 1.54. The Morgan fingerprint density at radius 2 is 2.15 bits per heavy atom. The van der Waals surface area contributed by atoms with Crippen molar-refractivity contribution in [2.45, 2.75) is 57.4 Å². The van der Waals surface area contributed by atoms with Gasteiger partial charge in [0.2, 0.25) is 0 Å². The minimum atomic E-state index is -0.373. The van der Waals surface area contributed by atoms with Gasteiger partial charge in [-0.2, -0.15) is 10.1 Å². The third-order valence-electron chi connectivity index (χ3n) is 5.70. The molecule has 2 heterocycles. The first kappa shape index (κ1) is 16.9. The van der Waals surface area contributed by atoms with Crippen LogP contribution in [0.4, 0.5) is 4.39 Å². The summed E-state index contributed by atoms with van der Waals surface area (Å²) in [6, 6.07) is 4.51. The van der Waals surface area contributed by atoms with E-state index in [0.29, 0.717) is 16.7 Å². The first-order valence-corrected chi connectivity index (χ1v) is 9.89. The minimum Gasteiger partial charge on any atom is -0.332 e. The number of fused-ring (bicyclic) bond motifs is 1. The van der Waals surface area contributed by atoms with E-state index in [1.54, 1.807) is 6.07 Å². The van der Waals surface area contributed by atoms with Gasteiger partial charge in [-0.05, 0) is 56.2 Å². The fourth-order valence-electron chi connectivity index (χ4n) is 4.21.